The molecule has 0 bridgehead atoms. The predicted octanol–water partition coefficient (Wildman–Crippen LogP) is 0.0884. The molecule has 0 aromatic heterocycles. The van der Waals surface area contributed by atoms with Crippen LogP contribution in [0.1, 0.15) is 6.92 Å². The number of nitrogens with zero attached hydrogens (tertiary/aromatic N) is 3. The Labute approximate surface area is 47.7 Å². The van der Waals surface area contributed by atoms with Crippen LogP contribution < -0.4 is 0 Å². The lowest BCUT2D eigenvalue weighted by atomic mass is 10.2. The molecule has 0 aromatic rings. The van der Waals surface area contributed by atoms with Gasteiger partial charge in [0.15, 0.2) is 0 Å². The molecular formula is C5H7N3. The maximum absolute atomic E-state index is 3.77. The summed E-state index contributed by atoms with van der Waals surface area (Å²) < 4.78 is 0. The molecule has 0 spiro atoms. The minimum absolute atomic E-state index is 0.238. The van der Waals surface area contributed by atoms with Crippen LogP contribution in [-0.2, 0) is 0 Å². The summed E-state index contributed by atoms with van der Waals surface area (Å²) in [7, 11) is 0. The third-order valence-electron chi connectivity index (χ3n) is 1.64. The molecule has 0 N–H and O–H groups in total. The van der Waals surface area contributed by atoms with Gasteiger partial charge in [-0.05, 0) is 6.92 Å². The number of hydrogen-bond donors (Lipinski definition) is 0. The van der Waals surface area contributed by atoms with Crippen molar-refractivity contribution in [3.05, 3.63) is 0 Å². The van der Waals surface area contributed by atoms with E-state index in [1.807, 2.05) is 6.21 Å². The van der Waals surface area contributed by atoms with E-state index in [1.165, 1.54) is 0 Å². The smallest absolute Gasteiger partial charge is 0.114 e. The van der Waals surface area contributed by atoms with E-state index in [0.717, 1.165) is 6.54 Å². The van der Waals surface area contributed by atoms with Crippen molar-refractivity contribution in [1.29, 1.82) is 0 Å². The summed E-state index contributed by atoms with van der Waals surface area (Å²) in [5.41, 5.74) is 0.238. The molecule has 1 atom stereocenters. The maximum atomic E-state index is 3.77. The van der Waals surface area contributed by atoms with E-state index in [0.29, 0.717) is 0 Å². The average molecular weight is 109 g/mol. The second-order valence-electron chi connectivity index (χ2n) is 2.46. The van der Waals surface area contributed by atoms with Gasteiger partial charge in [0.1, 0.15) is 6.34 Å². The van der Waals surface area contributed by atoms with Crippen molar-refractivity contribution in [2.45, 2.75) is 12.5 Å². The first-order chi connectivity index (χ1) is 3.81. The molecule has 2 aliphatic heterocycles. The van der Waals surface area contributed by atoms with Gasteiger partial charge in [-0.15, -0.1) is 5.10 Å². The molecule has 1 unspecified atom stereocenters. The van der Waals surface area contributed by atoms with Crippen LogP contribution in [0.15, 0.2) is 10.2 Å². The summed E-state index contributed by atoms with van der Waals surface area (Å²) in [5.74, 6) is 0. The van der Waals surface area contributed by atoms with Crippen molar-refractivity contribution in [1.82, 2.24) is 4.90 Å². The lowest BCUT2D eigenvalue weighted by Gasteiger charge is -2.03. The van der Waals surface area contributed by atoms with Crippen LogP contribution in [0.3, 0.4) is 0 Å². The third-order valence-corrected chi connectivity index (χ3v) is 1.64. The second kappa shape index (κ2) is 0.940. The highest BCUT2D eigenvalue weighted by atomic mass is 15.4. The van der Waals surface area contributed by atoms with E-state index in [-0.39, 0.29) is 5.54 Å². The Kier molecular flexibility index (Phi) is 0.477. The molecule has 2 aliphatic rings. The first-order valence-corrected chi connectivity index (χ1v) is 2.66. The first-order valence-electron chi connectivity index (χ1n) is 2.66. The van der Waals surface area contributed by atoms with Crippen LogP contribution in [0.25, 0.3) is 0 Å². The van der Waals surface area contributed by atoms with Crippen LogP contribution in [0.4, 0.5) is 0 Å². The van der Waals surface area contributed by atoms with Crippen LogP contribution in [0.5, 0.6) is 0 Å². The van der Waals surface area contributed by atoms with Crippen LogP contribution >= 0.6 is 0 Å². The summed E-state index contributed by atoms with van der Waals surface area (Å²) in [5, 5.41) is 7.49. The van der Waals surface area contributed by atoms with Crippen LogP contribution in [-0.4, -0.2) is 29.5 Å². The Hall–Kier alpha value is -0.860. The number of rotatable bonds is 0. The van der Waals surface area contributed by atoms with Crippen molar-refractivity contribution < 1.29 is 0 Å². The van der Waals surface area contributed by atoms with Gasteiger partial charge in [-0.3, -0.25) is 0 Å². The van der Waals surface area contributed by atoms with Gasteiger partial charge >= 0.3 is 0 Å². The highest BCUT2D eigenvalue weighted by molar-refractivity contribution is 5.83. The first kappa shape index (κ1) is 4.06. The fourth-order valence-electron chi connectivity index (χ4n) is 0.847. The van der Waals surface area contributed by atoms with E-state index < -0.39 is 0 Å². The van der Waals surface area contributed by atoms with Crippen molar-refractivity contribution in [3.8, 4) is 0 Å². The summed E-state index contributed by atoms with van der Waals surface area (Å²) in [6.45, 7) is 3.22. The van der Waals surface area contributed by atoms with Gasteiger partial charge in [0.05, 0.1) is 11.8 Å². The molecule has 0 saturated carbocycles. The highest BCUT2D eigenvalue weighted by Gasteiger charge is 2.45. The molecule has 0 radical (unpaired) electrons. The van der Waals surface area contributed by atoms with E-state index in [4.69, 9.17) is 0 Å². The molecular weight excluding hydrogens is 102 g/mol. The Morgan fingerprint density at radius 2 is 2.50 bits per heavy atom. The van der Waals surface area contributed by atoms with Gasteiger partial charge in [0.25, 0.3) is 0 Å². The van der Waals surface area contributed by atoms with E-state index in [1.54, 1.807) is 6.34 Å². The molecule has 1 saturated heterocycles. The fraction of sp³-hybridized carbons (Fsp3) is 0.600. The molecule has 0 aliphatic carbocycles. The second-order valence-corrected chi connectivity index (χ2v) is 2.46. The minimum Gasteiger partial charge on any atom is -0.346 e. The Morgan fingerprint density at radius 3 is 3.00 bits per heavy atom. The molecule has 3 nitrogen and oxygen atoms in total. The predicted molar refractivity (Wildman–Crippen MR) is 32.1 cm³/mol. The quantitative estimate of drug-likeness (QED) is 0.405. The topological polar surface area (TPSA) is 27.7 Å². The summed E-state index contributed by atoms with van der Waals surface area (Å²) in [6, 6.07) is 0. The lowest BCUT2D eigenvalue weighted by Crippen LogP contribution is -2.16. The molecule has 2 heterocycles. The zero-order chi connectivity index (χ0) is 5.61. The SMILES string of the molecule is CC12C=NN=CN1C2. The normalized spacial score (nSPS) is 39.9. The van der Waals surface area contributed by atoms with Crippen LogP contribution in [0, 0.1) is 0 Å². The van der Waals surface area contributed by atoms with E-state index in [2.05, 4.69) is 22.0 Å². The zero-order valence-electron chi connectivity index (χ0n) is 4.70. The largest absolute Gasteiger partial charge is 0.346 e. The van der Waals surface area contributed by atoms with Gasteiger partial charge in [0, 0.05) is 6.54 Å². The molecule has 0 aromatic carbocycles. The summed E-state index contributed by atoms with van der Waals surface area (Å²) >= 11 is 0. The summed E-state index contributed by atoms with van der Waals surface area (Å²) in [4.78, 5) is 2.14. The number of hydrogen-bond acceptors (Lipinski definition) is 3. The molecule has 8 heavy (non-hydrogen) atoms. The minimum atomic E-state index is 0.238. The molecule has 2 rings (SSSR count). The molecule has 0 amide bonds. The third kappa shape index (κ3) is 0.338. The van der Waals surface area contributed by atoms with Gasteiger partial charge in [-0.1, -0.05) is 0 Å². The van der Waals surface area contributed by atoms with E-state index in [9.17, 15) is 0 Å². The highest BCUT2D eigenvalue weighted by Crippen LogP contribution is 2.28. The van der Waals surface area contributed by atoms with Crippen molar-refractivity contribution in [2.24, 2.45) is 10.2 Å². The van der Waals surface area contributed by atoms with Crippen molar-refractivity contribution >= 4 is 12.6 Å². The monoisotopic (exact) mass is 109 g/mol. The maximum Gasteiger partial charge on any atom is 0.114 e. The Bertz CT molecular complexity index is 173. The molecule has 42 valence electrons. The van der Waals surface area contributed by atoms with Crippen LogP contribution in [0.2, 0.25) is 0 Å². The fourth-order valence-corrected chi connectivity index (χ4v) is 0.847. The van der Waals surface area contributed by atoms with Gasteiger partial charge in [-0.25, -0.2) is 0 Å². The van der Waals surface area contributed by atoms with Gasteiger partial charge < -0.3 is 4.90 Å². The Morgan fingerprint density at radius 1 is 1.62 bits per heavy atom. The molecule has 1 fully saturated rings. The van der Waals surface area contributed by atoms with Crippen molar-refractivity contribution in [3.63, 3.8) is 0 Å². The van der Waals surface area contributed by atoms with Gasteiger partial charge in [0.2, 0.25) is 0 Å². The Balaban J connectivity index is 2.33. The van der Waals surface area contributed by atoms with E-state index >= 15 is 0 Å². The molecule has 3 heteroatoms. The van der Waals surface area contributed by atoms with Gasteiger partial charge in [-0.2, -0.15) is 5.10 Å². The lowest BCUT2D eigenvalue weighted by molar-refractivity contribution is 0.705. The average Bonchev–Trinajstić information content (AvgIpc) is 2.39. The number of fused-ring (bicyclic) bond motifs is 1. The standard InChI is InChI=1S/C5H7N3/c1-5-2-6-7-4-8(5)3-5/h2,4H,3H2,1H3. The summed E-state index contributed by atoms with van der Waals surface area (Å²) in [6.07, 6.45) is 3.66. The van der Waals surface area contributed by atoms with Crippen molar-refractivity contribution in [2.75, 3.05) is 6.54 Å². The zero-order valence-corrected chi connectivity index (χ0v) is 4.70.